The van der Waals surface area contributed by atoms with Crippen molar-refractivity contribution >= 4 is 27.8 Å². The van der Waals surface area contributed by atoms with Crippen LogP contribution in [0.25, 0.3) is 21.9 Å². The average molecular weight is 288 g/mol. The molecule has 2 aromatic heterocycles. The van der Waals surface area contributed by atoms with Crippen LogP contribution >= 0.6 is 0 Å². The van der Waals surface area contributed by atoms with Crippen LogP contribution < -0.4 is 5.32 Å². The Bertz CT molecular complexity index is 926. The predicted molar refractivity (Wildman–Crippen MR) is 90.0 cm³/mol. The van der Waals surface area contributed by atoms with E-state index in [1.807, 2.05) is 30.3 Å². The van der Waals surface area contributed by atoms with Gasteiger partial charge in [0.2, 0.25) is 0 Å². The Labute approximate surface area is 128 Å². The summed E-state index contributed by atoms with van der Waals surface area (Å²) in [5.41, 5.74) is 4.34. The molecule has 0 atom stereocenters. The van der Waals surface area contributed by atoms with Crippen molar-refractivity contribution in [3.8, 4) is 0 Å². The van der Waals surface area contributed by atoms with Crippen LogP contribution in [-0.2, 0) is 6.42 Å². The van der Waals surface area contributed by atoms with Crippen molar-refractivity contribution in [2.45, 2.75) is 6.42 Å². The van der Waals surface area contributed by atoms with Gasteiger partial charge in [-0.05, 0) is 30.2 Å². The van der Waals surface area contributed by atoms with Crippen LogP contribution in [0.2, 0.25) is 0 Å². The van der Waals surface area contributed by atoms with Gasteiger partial charge in [-0.2, -0.15) is 0 Å². The number of fused-ring (bicyclic) bond motifs is 2. The van der Waals surface area contributed by atoms with Crippen LogP contribution in [0.1, 0.15) is 5.56 Å². The highest BCUT2D eigenvalue weighted by atomic mass is 15.0. The minimum Gasteiger partial charge on any atom is -0.368 e. The Kier molecular flexibility index (Phi) is 3.20. The number of benzene rings is 2. The van der Waals surface area contributed by atoms with Gasteiger partial charge in [0.05, 0.1) is 17.2 Å². The Hall–Kier alpha value is -2.88. The first-order valence-electron chi connectivity index (χ1n) is 7.41. The van der Waals surface area contributed by atoms with Crippen molar-refractivity contribution in [1.82, 2.24) is 15.0 Å². The van der Waals surface area contributed by atoms with Crippen LogP contribution in [0.15, 0.2) is 60.9 Å². The fourth-order valence-corrected chi connectivity index (χ4v) is 2.71. The molecule has 4 nitrogen and oxygen atoms in total. The van der Waals surface area contributed by atoms with Crippen molar-refractivity contribution in [3.63, 3.8) is 0 Å². The van der Waals surface area contributed by atoms with Crippen molar-refractivity contribution in [3.05, 3.63) is 66.5 Å². The second-order valence-corrected chi connectivity index (χ2v) is 5.28. The zero-order valence-electron chi connectivity index (χ0n) is 12.1. The SMILES string of the molecule is c1ccc2nc(NCCc3c[nH]c4ccccc34)cnc2c1. The van der Waals surface area contributed by atoms with Crippen LogP contribution in [0.5, 0.6) is 0 Å². The highest BCUT2D eigenvalue weighted by molar-refractivity contribution is 5.83. The summed E-state index contributed by atoms with van der Waals surface area (Å²) >= 11 is 0. The second kappa shape index (κ2) is 5.48. The van der Waals surface area contributed by atoms with Crippen molar-refractivity contribution in [2.75, 3.05) is 11.9 Å². The molecule has 0 saturated heterocycles. The smallest absolute Gasteiger partial charge is 0.145 e. The third-order valence-corrected chi connectivity index (χ3v) is 3.82. The van der Waals surface area contributed by atoms with Gasteiger partial charge in [-0.3, -0.25) is 4.98 Å². The zero-order chi connectivity index (χ0) is 14.8. The molecular weight excluding hydrogens is 272 g/mol. The van der Waals surface area contributed by atoms with E-state index in [1.54, 1.807) is 6.20 Å². The normalized spacial score (nSPS) is 11.1. The summed E-state index contributed by atoms with van der Waals surface area (Å²) in [6, 6.07) is 16.3. The highest BCUT2D eigenvalue weighted by Crippen LogP contribution is 2.18. The van der Waals surface area contributed by atoms with Gasteiger partial charge in [-0.25, -0.2) is 4.98 Å². The maximum Gasteiger partial charge on any atom is 0.145 e. The minimum absolute atomic E-state index is 0.818. The zero-order valence-corrected chi connectivity index (χ0v) is 12.1. The molecule has 22 heavy (non-hydrogen) atoms. The van der Waals surface area contributed by atoms with E-state index in [0.29, 0.717) is 0 Å². The molecule has 2 aromatic carbocycles. The fourth-order valence-electron chi connectivity index (χ4n) is 2.71. The average Bonchev–Trinajstić information content (AvgIpc) is 2.98. The van der Waals surface area contributed by atoms with Crippen LogP contribution in [0.4, 0.5) is 5.82 Å². The lowest BCUT2D eigenvalue weighted by atomic mass is 10.1. The third-order valence-electron chi connectivity index (χ3n) is 3.82. The highest BCUT2D eigenvalue weighted by Gasteiger charge is 2.03. The molecule has 0 fully saturated rings. The Morgan fingerprint density at radius 2 is 1.77 bits per heavy atom. The molecule has 0 aliphatic heterocycles. The lowest BCUT2D eigenvalue weighted by molar-refractivity contribution is 1.01. The summed E-state index contributed by atoms with van der Waals surface area (Å²) < 4.78 is 0. The summed E-state index contributed by atoms with van der Waals surface area (Å²) in [4.78, 5) is 12.3. The maximum absolute atomic E-state index is 4.57. The monoisotopic (exact) mass is 288 g/mol. The van der Waals surface area contributed by atoms with Crippen LogP contribution in [0, 0.1) is 0 Å². The Morgan fingerprint density at radius 3 is 2.73 bits per heavy atom. The van der Waals surface area contributed by atoms with Gasteiger partial charge < -0.3 is 10.3 Å². The van der Waals surface area contributed by atoms with Crippen molar-refractivity contribution in [1.29, 1.82) is 0 Å². The van der Waals surface area contributed by atoms with E-state index in [-0.39, 0.29) is 0 Å². The molecule has 0 saturated carbocycles. The number of para-hydroxylation sites is 3. The number of hydrogen-bond donors (Lipinski definition) is 2. The predicted octanol–water partition coefficient (Wildman–Crippen LogP) is 3.77. The Balaban J connectivity index is 1.47. The molecular formula is C18H16N4. The summed E-state index contributed by atoms with van der Waals surface area (Å²) in [6.07, 6.45) is 4.81. The minimum atomic E-state index is 0.818. The van der Waals surface area contributed by atoms with Gasteiger partial charge in [-0.1, -0.05) is 30.3 Å². The summed E-state index contributed by atoms with van der Waals surface area (Å²) in [7, 11) is 0. The quantitative estimate of drug-likeness (QED) is 0.601. The molecule has 0 aliphatic carbocycles. The Morgan fingerprint density at radius 1 is 0.955 bits per heavy atom. The molecule has 2 heterocycles. The number of nitrogens with zero attached hydrogens (tertiary/aromatic N) is 2. The molecule has 108 valence electrons. The van der Waals surface area contributed by atoms with Crippen LogP contribution in [-0.4, -0.2) is 21.5 Å². The number of rotatable bonds is 4. The standard InChI is InChI=1S/C18H16N4/c1-2-6-15-14(5-1)13(11-20-15)9-10-19-18-12-21-16-7-3-4-8-17(16)22-18/h1-8,11-12,20H,9-10H2,(H,19,22). The molecule has 0 unspecified atom stereocenters. The lowest BCUT2D eigenvalue weighted by Gasteiger charge is -2.05. The molecule has 0 spiro atoms. The molecule has 2 N–H and O–H groups in total. The lowest BCUT2D eigenvalue weighted by Crippen LogP contribution is -2.06. The molecule has 4 rings (SSSR count). The number of anilines is 1. The first-order valence-corrected chi connectivity index (χ1v) is 7.41. The van der Waals surface area contributed by atoms with Gasteiger partial charge in [0.25, 0.3) is 0 Å². The van der Waals surface area contributed by atoms with Gasteiger partial charge in [0.15, 0.2) is 0 Å². The topological polar surface area (TPSA) is 53.6 Å². The fraction of sp³-hybridized carbons (Fsp3) is 0.111. The maximum atomic E-state index is 4.57. The van der Waals surface area contributed by atoms with Crippen LogP contribution in [0.3, 0.4) is 0 Å². The number of aromatic nitrogens is 3. The molecule has 4 aromatic rings. The number of nitrogens with one attached hydrogen (secondary N) is 2. The molecule has 0 aliphatic rings. The molecule has 0 amide bonds. The number of aromatic amines is 1. The van der Waals surface area contributed by atoms with Gasteiger partial charge in [-0.15, -0.1) is 0 Å². The van der Waals surface area contributed by atoms with E-state index in [0.717, 1.165) is 29.8 Å². The number of hydrogen-bond acceptors (Lipinski definition) is 3. The number of H-pyrrole nitrogens is 1. The van der Waals surface area contributed by atoms with E-state index in [1.165, 1.54) is 16.5 Å². The third kappa shape index (κ3) is 2.39. The van der Waals surface area contributed by atoms with E-state index in [4.69, 9.17) is 0 Å². The second-order valence-electron chi connectivity index (χ2n) is 5.28. The van der Waals surface area contributed by atoms with E-state index >= 15 is 0 Å². The molecule has 0 radical (unpaired) electrons. The first kappa shape index (κ1) is 12.8. The summed E-state index contributed by atoms with van der Waals surface area (Å²) in [5, 5.41) is 4.64. The van der Waals surface area contributed by atoms with Gasteiger partial charge in [0, 0.05) is 23.6 Å². The van der Waals surface area contributed by atoms with E-state index in [2.05, 4.69) is 44.7 Å². The summed E-state index contributed by atoms with van der Waals surface area (Å²) in [5.74, 6) is 0.818. The van der Waals surface area contributed by atoms with Crippen molar-refractivity contribution < 1.29 is 0 Å². The summed E-state index contributed by atoms with van der Waals surface area (Å²) in [6.45, 7) is 0.828. The largest absolute Gasteiger partial charge is 0.368 e. The molecule has 0 bridgehead atoms. The first-order chi connectivity index (χ1) is 10.9. The van der Waals surface area contributed by atoms with Crippen molar-refractivity contribution in [2.24, 2.45) is 0 Å². The van der Waals surface area contributed by atoms with E-state index < -0.39 is 0 Å². The molecule has 4 heteroatoms. The van der Waals surface area contributed by atoms with Gasteiger partial charge in [0.1, 0.15) is 5.82 Å². The van der Waals surface area contributed by atoms with Gasteiger partial charge >= 0.3 is 0 Å². The van der Waals surface area contributed by atoms with E-state index in [9.17, 15) is 0 Å².